The lowest BCUT2D eigenvalue weighted by Crippen LogP contribution is -2.15. The smallest absolute Gasteiger partial charge is 0.417 e. The fourth-order valence-corrected chi connectivity index (χ4v) is 2.14. The van der Waals surface area contributed by atoms with Gasteiger partial charge in [0.1, 0.15) is 0 Å². The molecule has 0 aliphatic heterocycles. The number of carbonyl (C=O) groups is 1. The molecule has 9 heteroatoms. The van der Waals surface area contributed by atoms with Crippen molar-refractivity contribution in [3.8, 4) is 0 Å². The van der Waals surface area contributed by atoms with Crippen LogP contribution < -0.4 is 0 Å². The van der Waals surface area contributed by atoms with Gasteiger partial charge in [0.15, 0.2) is 0 Å². The molecule has 2 nitrogen and oxygen atoms in total. The van der Waals surface area contributed by atoms with Crippen LogP contribution in [0.25, 0.3) is 0 Å². The van der Waals surface area contributed by atoms with E-state index in [0.717, 1.165) is 0 Å². The lowest BCUT2D eigenvalue weighted by atomic mass is 10.0. The van der Waals surface area contributed by atoms with Crippen molar-refractivity contribution in [1.29, 1.82) is 0 Å². The van der Waals surface area contributed by atoms with Crippen LogP contribution in [0.4, 0.5) is 26.3 Å². The van der Waals surface area contributed by atoms with E-state index in [1.54, 1.807) is 0 Å². The maximum Gasteiger partial charge on any atom is 0.417 e. The first-order valence-corrected chi connectivity index (χ1v) is 6.38. The third kappa shape index (κ3) is 4.62. The van der Waals surface area contributed by atoms with Crippen molar-refractivity contribution >= 4 is 21.9 Å². The zero-order valence-electron chi connectivity index (χ0n) is 10.5. The quantitative estimate of drug-likeness (QED) is 0.567. The molecular weight excluding hydrogens is 370 g/mol. The van der Waals surface area contributed by atoms with E-state index in [2.05, 4.69) is 20.7 Å². The first-order chi connectivity index (χ1) is 9.46. The summed E-state index contributed by atoms with van der Waals surface area (Å²) >= 11 is 2.60. The van der Waals surface area contributed by atoms with Gasteiger partial charge < -0.3 is 4.74 Å². The molecule has 0 saturated heterocycles. The van der Waals surface area contributed by atoms with Crippen LogP contribution in [-0.2, 0) is 28.3 Å². The summed E-state index contributed by atoms with van der Waals surface area (Å²) < 4.78 is 80.2. The van der Waals surface area contributed by atoms with Crippen molar-refractivity contribution in [3.63, 3.8) is 0 Å². The molecule has 0 aliphatic carbocycles. The van der Waals surface area contributed by atoms with Crippen LogP contribution >= 0.6 is 15.9 Å². The van der Waals surface area contributed by atoms with E-state index >= 15 is 0 Å². The fourth-order valence-electron chi connectivity index (χ4n) is 1.55. The second kappa shape index (κ2) is 6.25. The van der Waals surface area contributed by atoms with Crippen LogP contribution in [0.1, 0.15) is 23.6 Å². The Morgan fingerprint density at radius 3 is 2.14 bits per heavy atom. The summed E-state index contributed by atoms with van der Waals surface area (Å²) in [5, 5.41) is 0. The fraction of sp³-hybridized carbons (Fsp3) is 0.417. The monoisotopic (exact) mass is 378 g/mol. The van der Waals surface area contributed by atoms with Crippen molar-refractivity contribution in [2.45, 2.75) is 25.7 Å². The second-order valence-electron chi connectivity index (χ2n) is 3.97. The van der Waals surface area contributed by atoms with Gasteiger partial charge in [-0.25, -0.2) is 0 Å². The molecule has 0 radical (unpaired) electrons. The third-order valence-electron chi connectivity index (χ3n) is 2.42. The Hall–Kier alpha value is -1.25. The summed E-state index contributed by atoms with van der Waals surface area (Å²) in [7, 11) is 0. The summed E-state index contributed by atoms with van der Waals surface area (Å²) in [6.07, 6.45) is -10.6. The second-order valence-corrected chi connectivity index (χ2v) is 4.77. The zero-order valence-corrected chi connectivity index (χ0v) is 12.1. The molecule has 1 rings (SSSR count). The zero-order chi connectivity index (χ0) is 16.4. The number of halogens is 7. The number of ether oxygens (including phenoxy) is 1. The van der Waals surface area contributed by atoms with Crippen molar-refractivity contribution in [3.05, 3.63) is 33.3 Å². The minimum absolute atomic E-state index is 0.00125. The molecule has 0 bridgehead atoms. The standard InChI is InChI=1S/C12H9BrF6O2/c1-2-21-9(20)4-6-3-7(11(14,15)16)5-8(10(6)13)12(17,18)19/h3,5H,2,4H2,1H3. The molecule has 0 saturated carbocycles. The lowest BCUT2D eigenvalue weighted by molar-refractivity contribution is -0.145. The predicted octanol–water partition coefficient (Wildman–Crippen LogP) is 4.59. The maximum atomic E-state index is 12.8. The van der Waals surface area contributed by atoms with E-state index in [4.69, 9.17) is 0 Å². The molecule has 1 aromatic rings. The number of hydrogen-bond acceptors (Lipinski definition) is 2. The van der Waals surface area contributed by atoms with E-state index < -0.39 is 45.9 Å². The average molecular weight is 379 g/mol. The molecule has 0 aliphatic rings. The summed E-state index contributed by atoms with van der Waals surface area (Å²) in [4.78, 5) is 11.3. The van der Waals surface area contributed by atoms with Gasteiger partial charge in [-0.2, -0.15) is 26.3 Å². The Labute approximate surface area is 124 Å². The number of rotatable bonds is 3. The normalized spacial score (nSPS) is 12.4. The molecule has 0 heterocycles. The van der Waals surface area contributed by atoms with Crippen molar-refractivity contribution in [1.82, 2.24) is 0 Å². The highest BCUT2D eigenvalue weighted by Gasteiger charge is 2.39. The van der Waals surface area contributed by atoms with Gasteiger partial charge in [-0.3, -0.25) is 4.79 Å². The van der Waals surface area contributed by atoms with Crippen LogP contribution in [0.5, 0.6) is 0 Å². The van der Waals surface area contributed by atoms with Crippen LogP contribution in [0.2, 0.25) is 0 Å². The SMILES string of the molecule is CCOC(=O)Cc1cc(C(F)(F)F)cc(C(F)(F)F)c1Br. The van der Waals surface area contributed by atoms with E-state index in [-0.39, 0.29) is 12.7 Å². The summed E-state index contributed by atoms with van der Waals surface area (Å²) in [5.74, 6) is -0.911. The van der Waals surface area contributed by atoms with Crippen molar-refractivity contribution < 1.29 is 35.9 Å². The van der Waals surface area contributed by atoms with Crippen molar-refractivity contribution in [2.24, 2.45) is 0 Å². The Morgan fingerprint density at radius 2 is 1.71 bits per heavy atom. The Balaban J connectivity index is 3.38. The van der Waals surface area contributed by atoms with Gasteiger partial charge in [-0.15, -0.1) is 0 Å². The Kier molecular flexibility index (Phi) is 5.30. The Bertz CT molecular complexity index is 536. The molecule has 1 aromatic carbocycles. The Morgan fingerprint density at radius 1 is 1.14 bits per heavy atom. The van der Waals surface area contributed by atoms with Gasteiger partial charge in [-0.05, 0) is 40.5 Å². The predicted molar refractivity (Wildman–Crippen MR) is 64.5 cm³/mol. The minimum atomic E-state index is -4.98. The molecule has 0 unspecified atom stereocenters. The molecule has 0 aromatic heterocycles. The highest BCUT2D eigenvalue weighted by atomic mass is 79.9. The molecule has 0 atom stereocenters. The van der Waals surface area contributed by atoms with Gasteiger partial charge >= 0.3 is 18.3 Å². The van der Waals surface area contributed by atoms with Crippen LogP contribution in [0.3, 0.4) is 0 Å². The van der Waals surface area contributed by atoms with Crippen LogP contribution in [-0.4, -0.2) is 12.6 Å². The summed E-state index contributed by atoms with van der Waals surface area (Å²) in [5.41, 5.74) is -3.40. The average Bonchev–Trinajstić information content (AvgIpc) is 2.28. The topological polar surface area (TPSA) is 26.3 Å². The molecule has 21 heavy (non-hydrogen) atoms. The van der Waals surface area contributed by atoms with Crippen LogP contribution in [0, 0.1) is 0 Å². The molecule has 0 amide bonds. The highest BCUT2D eigenvalue weighted by Crippen LogP contribution is 2.41. The summed E-state index contributed by atoms with van der Waals surface area (Å²) in [6.45, 7) is 1.45. The van der Waals surface area contributed by atoms with E-state index in [9.17, 15) is 31.1 Å². The minimum Gasteiger partial charge on any atom is -0.466 e. The first kappa shape index (κ1) is 17.8. The lowest BCUT2D eigenvalue weighted by Gasteiger charge is -2.16. The third-order valence-corrected chi connectivity index (χ3v) is 3.36. The highest BCUT2D eigenvalue weighted by molar-refractivity contribution is 9.10. The van der Waals surface area contributed by atoms with Crippen molar-refractivity contribution in [2.75, 3.05) is 6.61 Å². The molecule has 0 N–H and O–H groups in total. The maximum absolute atomic E-state index is 12.8. The van der Waals surface area contributed by atoms with Gasteiger partial charge in [0.2, 0.25) is 0 Å². The van der Waals surface area contributed by atoms with Crippen LogP contribution in [0.15, 0.2) is 16.6 Å². The number of alkyl halides is 6. The van der Waals surface area contributed by atoms with Gasteiger partial charge in [0, 0.05) is 4.47 Å². The number of hydrogen-bond donors (Lipinski definition) is 0. The molecule has 0 fully saturated rings. The van der Waals surface area contributed by atoms with E-state index in [1.165, 1.54) is 6.92 Å². The van der Waals surface area contributed by atoms with E-state index in [1.807, 2.05) is 0 Å². The molecular formula is C12H9BrF6O2. The first-order valence-electron chi connectivity index (χ1n) is 5.59. The van der Waals surface area contributed by atoms with E-state index in [0.29, 0.717) is 6.07 Å². The van der Waals surface area contributed by atoms with Gasteiger partial charge in [0.05, 0.1) is 24.2 Å². The number of benzene rings is 1. The number of carbonyl (C=O) groups excluding carboxylic acids is 1. The van der Waals surface area contributed by atoms with Gasteiger partial charge in [0.25, 0.3) is 0 Å². The molecule has 0 spiro atoms. The summed E-state index contributed by atoms with van der Waals surface area (Å²) in [6, 6.07) is 0.495. The number of esters is 1. The largest absolute Gasteiger partial charge is 0.466 e. The van der Waals surface area contributed by atoms with Gasteiger partial charge in [-0.1, -0.05) is 0 Å². The molecule has 118 valence electrons.